The van der Waals surface area contributed by atoms with Crippen LogP contribution in [0, 0.1) is 22.7 Å². The summed E-state index contributed by atoms with van der Waals surface area (Å²) in [5, 5.41) is 9.22. The lowest BCUT2D eigenvalue weighted by molar-refractivity contribution is -0.140. The van der Waals surface area contributed by atoms with Gasteiger partial charge in [0.05, 0.1) is 6.07 Å². The van der Waals surface area contributed by atoms with E-state index in [4.69, 9.17) is 0 Å². The first kappa shape index (κ1) is 15.3. The van der Waals surface area contributed by atoms with Gasteiger partial charge in [-0.3, -0.25) is 4.79 Å². The van der Waals surface area contributed by atoms with E-state index in [9.17, 15) is 10.1 Å². The van der Waals surface area contributed by atoms with Crippen LogP contribution in [0.2, 0.25) is 0 Å². The van der Waals surface area contributed by atoms with E-state index in [2.05, 4.69) is 11.0 Å². The molecule has 2 heterocycles. The summed E-state index contributed by atoms with van der Waals surface area (Å²) in [5.41, 5.74) is -0.832. The summed E-state index contributed by atoms with van der Waals surface area (Å²) in [6.07, 6.45) is 5.46. The van der Waals surface area contributed by atoms with E-state index in [1.165, 1.54) is 32.5 Å². The van der Waals surface area contributed by atoms with Crippen molar-refractivity contribution in [1.29, 1.82) is 5.26 Å². The zero-order valence-corrected chi connectivity index (χ0v) is 12.9. The molecular formula is C16H27N3O. The predicted molar refractivity (Wildman–Crippen MR) is 79.0 cm³/mol. The van der Waals surface area contributed by atoms with Gasteiger partial charge in [0.1, 0.15) is 5.41 Å². The van der Waals surface area contributed by atoms with Crippen molar-refractivity contribution >= 4 is 5.91 Å². The molecular weight excluding hydrogens is 250 g/mol. The fourth-order valence-electron chi connectivity index (χ4n) is 3.28. The maximum atomic E-state index is 12.4. The van der Waals surface area contributed by atoms with Crippen molar-refractivity contribution in [3.8, 4) is 6.07 Å². The summed E-state index contributed by atoms with van der Waals surface area (Å²) >= 11 is 0. The zero-order chi connectivity index (χ0) is 14.6. The third kappa shape index (κ3) is 3.32. The fourth-order valence-corrected chi connectivity index (χ4v) is 3.28. The van der Waals surface area contributed by atoms with Gasteiger partial charge in [0.15, 0.2) is 0 Å². The van der Waals surface area contributed by atoms with Crippen molar-refractivity contribution in [2.45, 2.75) is 46.0 Å². The molecule has 0 N–H and O–H groups in total. The number of amides is 1. The standard InChI is InChI=1S/C16H27N3O/c1-3-16(2,13-17)15(20)19-10-6-14(7-11-19)12-18-8-4-5-9-18/h14H,3-12H2,1-2H3. The molecule has 112 valence electrons. The van der Waals surface area contributed by atoms with Gasteiger partial charge in [0.2, 0.25) is 5.91 Å². The van der Waals surface area contributed by atoms with Crippen molar-refractivity contribution < 1.29 is 4.79 Å². The molecule has 1 atom stereocenters. The number of hydrogen-bond donors (Lipinski definition) is 0. The molecule has 0 spiro atoms. The Bertz CT molecular complexity index is 376. The van der Waals surface area contributed by atoms with Gasteiger partial charge in [-0.15, -0.1) is 0 Å². The smallest absolute Gasteiger partial charge is 0.242 e. The van der Waals surface area contributed by atoms with Crippen LogP contribution in [-0.4, -0.2) is 48.4 Å². The quantitative estimate of drug-likeness (QED) is 0.792. The number of hydrogen-bond acceptors (Lipinski definition) is 3. The number of carbonyl (C=O) groups is 1. The van der Waals surface area contributed by atoms with Crippen LogP contribution < -0.4 is 0 Å². The number of nitrogens with zero attached hydrogens (tertiary/aromatic N) is 3. The maximum absolute atomic E-state index is 12.4. The molecule has 0 aromatic carbocycles. The first-order valence-corrected chi connectivity index (χ1v) is 8.02. The molecule has 2 fully saturated rings. The number of nitriles is 1. The Kier molecular flexibility index (Phi) is 5.04. The van der Waals surface area contributed by atoms with Gasteiger partial charge >= 0.3 is 0 Å². The molecule has 20 heavy (non-hydrogen) atoms. The molecule has 1 amide bonds. The summed E-state index contributed by atoms with van der Waals surface area (Å²) in [6, 6.07) is 2.20. The second-order valence-corrected chi connectivity index (χ2v) is 6.54. The molecule has 0 saturated carbocycles. The Labute approximate surface area is 122 Å². The molecule has 4 heteroatoms. The molecule has 0 radical (unpaired) electrons. The third-order valence-electron chi connectivity index (χ3n) is 5.04. The van der Waals surface area contributed by atoms with E-state index in [0.717, 1.165) is 31.8 Å². The molecule has 2 saturated heterocycles. The van der Waals surface area contributed by atoms with E-state index in [-0.39, 0.29) is 5.91 Å². The molecule has 0 aromatic rings. The van der Waals surface area contributed by atoms with Crippen LogP contribution in [0.5, 0.6) is 0 Å². The number of piperidine rings is 1. The van der Waals surface area contributed by atoms with E-state index in [0.29, 0.717) is 6.42 Å². The first-order valence-electron chi connectivity index (χ1n) is 8.02. The van der Waals surface area contributed by atoms with Gasteiger partial charge in [0, 0.05) is 19.6 Å². The van der Waals surface area contributed by atoms with E-state index in [1.54, 1.807) is 6.92 Å². The zero-order valence-electron chi connectivity index (χ0n) is 12.9. The fraction of sp³-hybridized carbons (Fsp3) is 0.875. The predicted octanol–water partition coefficient (Wildman–Crippen LogP) is 2.26. The van der Waals surface area contributed by atoms with Crippen molar-refractivity contribution in [3.63, 3.8) is 0 Å². The van der Waals surface area contributed by atoms with E-state index >= 15 is 0 Å². The average Bonchev–Trinajstić information content (AvgIpc) is 2.99. The highest BCUT2D eigenvalue weighted by molar-refractivity contribution is 5.85. The number of rotatable bonds is 4. The summed E-state index contributed by atoms with van der Waals surface area (Å²) in [5.74, 6) is 0.759. The van der Waals surface area contributed by atoms with Crippen molar-refractivity contribution in [2.75, 3.05) is 32.7 Å². The Hall–Kier alpha value is -1.08. The SMILES string of the molecule is CCC(C)(C#N)C(=O)N1CCC(CN2CCCC2)CC1. The lowest BCUT2D eigenvalue weighted by atomic mass is 9.86. The van der Waals surface area contributed by atoms with E-state index < -0.39 is 5.41 Å². The van der Waals surface area contributed by atoms with Crippen LogP contribution in [0.15, 0.2) is 0 Å². The van der Waals surface area contributed by atoms with Gasteiger partial charge in [-0.25, -0.2) is 0 Å². The van der Waals surface area contributed by atoms with Crippen LogP contribution in [0.25, 0.3) is 0 Å². The van der Waals surface area contributed by atoms with Crippen LogP contribution in [0.3, 0.4) is 0 Å². The molecule has 2 rings (SSSR count). The second-order valence-electron chi connectivity index (χ2n) is 6.54. The van der Waals surface area contributed by atoms with Crippen molar-refractivity contribution in [2.24, 2.45) is 11.3 Å². The monoisotopic (exact) mass is 277 g/mol. The number of likely N-dealkylation sites (tertiary alicyclic amines) is 2. The summed E-state index contributed by atoms with van der Waals surface area (Å²) in [7, 11) is 0. The lowest BCUT2D eigenvalue weighted by Crippen LogP contribution is -2.46. The maximum Gasteiger partial charge on any atom is 0.242 e. The highest BCUT2D eigenvalue weighted by Crippen LogP contribution is 2.27. The van der Waals surface area contributed by atoms with Crippen LogP contribution in [0.1, 0.15) is 46.0 Å². The highest BCUT2D eigenvalue weighted by atomic mass is 16.2. The minimum absolute atomic E-state index is 0.0297. The molecule has 1 unspecified atom stereocenters. The van der Waals surface area contributed by atoms with Crippen LogP contribution in [-0.2, 0) is 4.79 Å². The van der Waals surface area contributed by atoms with Crippen LogP contribution in [0.4, 0.5) is 0 Å². The first-order chi connectivity index (χ1) is 9.59. The minimum atomic E-state index is -0.832. The molecule has 4 nitrogen and oxygen atoms in total. The van der Waals surface area contributed by atoms with E-state index in [1.807, 2.05) is 11.8 Å². The van der Waals surface area contributed by atoms with Gasteiger partial charge < -0.3 is 9.80 Å². The van der Waals surface area contributed by atoms with Gasteiger partial charge in [-0.2, -0.15) is 5.26 Å². The Balaban J connectivity index is 1.81. The van der Waals surface area contributed by atoms with Crippen LogP contribution >= 0.6 is 0 Å². The molecule has 0 aliphatic carbocycles. The average molecular weight is 277 g/mol. The molecule has 2 aliphatic rings. The van der Waals surface area contributed by atoms with Crippen molar-refractivity contribution in [1.82, 2.24) is 9.80 Å². The summed E-state index contributed by atoms with van der Waals surface area (Å²) in [6.45, 7) is 9.05. The summed E-state index contributed by atoms with van der Waals surface area (Å²) < 4.78 is 0. The van der Waals surface area contributed by atoms with Gasteiger partial charge in [-0.05, 0) is 58.0 Å². The van der Waals surface area contributed by atoms with Crippen molar-refractivity contribution in [3.05, 3.63) is 0 Å². The lowest BCUT2D eigenvalue weighted by Gasteiger charge is -2.36. The Morgan fingerprint density at radius 3 is 2.35 bits per heavy atom. The minimum Gasteiger partial charge on any atom is -0.341 e. The molecule has 2 aliphatic heterocycles. The largest absolute Gasteiger partial charge is 0.341 e. The Morgan fingerprint density at radius 2 is 1.85 bits per heavy atom. The number of carbonyl (C=O) groups excluding carboxylic acids is 1. The topological polar surface area (TPSA) is 47.3 Å². The molecule has 0 aromatic heterocycles. The van der Waals surface area contributed by atoms with Gasteiger partial charge in [0.25, 0.3) is 0 Å². The Morgan fingerprint density at radius 1 is 1.25 bits per heavy atom. The second kappa shape index (κ2) is 6.58. The highest BCUT2D eigenvalue weighted by Gasteiger charge is 2.36. The summed E-state index contributed by atoms with van der Waals surface area (Å²) in [4.78, 5) is 16.9. The normalized spacial score (nSPS) is 24.4. The molecule has 0 bridgehead atoms. The third-order valence-corrected chi connectivity index (χ3v) is 5.04. The van der Waals surface area contributed by atoms with Gasteiger partial charge in [-0.1, -0.05) is 6.92 Å².